The summed E-state index contributed by atoms with van der Waals surface area (Å²) in [5.41, 5.74) is 0. The van der Waals surface area contributed by atoms with E-state index in [0.29, 0.717) is 37.9 Å². The Bertz CT molecular complexity index is 620. The van der Waals surface area contributed by atoms with Crippen LogP contribution in [-0.2, 0) is 10.0 Å². The molecule has 0 unspecified atom stereocenters. The second kappa shape index (κ2) is 6.73. The first kappa shape index (κ1) is 16.6. The number of aromatic nitrogens is 2. The number of anilines is 1. The first-order chi connectivity index (χ1) is 11.0. The van der Waals surface area contributed by atoms with E-state index in [2.05, 4.69) is 28.7 Å². The maximum absolute atomic E-state index is 12.8. The highest BCUT2D eigenvalue weighted by Crippen LogP contribution is 2.35. The average molecular weight is 338 g/mol. The molecule has 23 heavy (non-hydrogen) atoms. The van der Waals surface area contributed by atoms with Gasteiger partial charge in [-0.05, 0) is 37.2 Å². The van der Waals surface area contributed by atoms with Gasteiger partial charge in [-0.3, -0.25) is 0 Å². The van der Waals surface area contributed by atoms with Gasteiger partial charge in [-0.15, -0.1) is 0 Å². The fourth-order valence-corrected chi connectivity index (χ4v) is 5.83. The number of sulfonamides is 1. The molecule has 0 aliphatic carbocycles. The monoisotopic (exact) mass is 338 g/mol. The second-order valence-electron chi connectivity index (χ2n) is 7.00. The van der Waals surface area contributed by atoms with E-state index in [1.807, 2.05) is 0 Å². The van der Waals surface area contributed by atoms with E-state index in [4.69, 9.17) is 0 Å². The Morgan fingerprint density at radius 1 is 1.22 bits per heavy atom. The fraction of sp³-hybridized carbons (Fsp3) is 0.750. The zero-order valence-electron chi connectivity index (χ0n) is 13.9. The summed E-state index contributed by atoms with van der Waals surface area (Å²) in [6.45, 7) is 7.17. The van der Waals surface area contributed by atoms with Crippen LogP contribution in [-0.4, -0.2) is 54.1 Å². The SMILES string of the molecule is CC(C)CCN1C[C@@H]2CCN(c3ncccn3)CC[C@@H]2S1(=O)=O. The molecule has 0 radical (unpaired) electrons. The lowest BCUT2D eigenvalue weighted by Crippen LogP contribution is -2.33. The van der Waals surface area contributed by atoms with E-state index in [1.165, 1.54) is 0 Å². The van der Waals surface area contributed by atoms with Gasteiger partial charge in [0, 0.05) is 38.6 Å². The Labute approximate surface area is 139 Å². The highest BCUT2D eigenvalue weighted by Gasteiger charge is 2.46. The van der Waals surface area contributed by atoms with Crippen LogP contribution in [0.4, 0.5) is 5.95 Å². The third-order valence-electron chi connectivity index (χ3n) is 4.95. The van der Waals surface area contributed by atoms with Crippen LogP contribution >= 0.6 is 0 Å². The lowest BCUT2D eigenvalue weighted by atomic mass is 10.0. The predicted molar refractivity (Wildman–Crippen MR) is 90.7 cm³/mol. The summed E-state index contributed by atoms with van der Waals surface area (Å²) < 4.78 is 27.4. The molecule has 2 atom stereocenters. The lowest BCUT2D eigenvalue weighted by molar-refractivity contribution is 0.362. The predicted octanol–water partition coefficient (Wildman–Crippen LogP) is 1.75. The smallest absolute Gasteiger partial charge is 0.225 e. The summed E-state index contributed by atoms with van der Waals surface area (Å²) in [4.78, 5) is 10.7. The molecule has 6 nitrogen and oxygen atoms in total. The van der Waals surface area contributed by atoms with E-state index in [1.54, 1.807) is 22.8 Å². The molecule has 3 heterocycles. The van der Waals surface area contributed by atoms with Crippen LogP contribution in [0, 0.1) is 11.8 Å². The molecule has 0 N–H and O–H groups in total. The third kappa shape index (κ3) is 3.50. The molecular formula is C16H26N4O2S. The van der Waals surface area contributed by atoms with Crippen LogP contribution in [0.3, 0.4) is 0 Å². The van der Waals surface area contributed by atoms with Crippen LogP contribution in [0.25, 0.3) is 0 Å². The van der Waals surface area contributed by atoms with Crippen LogP contribution in [0.15, 0.2) is 18.5 Å². The number of fused-ring (bicyclic) bond motifs is 1. The molecule has 0 spiro atoms. The van der Waals surface area contributed by atoms with Gasteiger partial charge in [0.05, 0.1) is 5.25 Å². The Morgan fingerprint density at radius 3 is 2.61 bits per heavy atom. The second-order valence-corrected chi connectivity index (χ2v) is 9.15. The molecule has 0 amide bonds. The lowest BCUT2D eigenvalue weighted by Gasteiger charge is -2.22. The Morgan fingerprint density at radius 2 is 1.91 bits per heavy atom. The van der Waals surface area contributed by atoms with Gasteiger partial charge >= 0.3 is 0 Å². The van der Waals surface area contributed by atoms with Gasteiger partial charge in [0.2, 0.25) is 16.0 Å². The molecule has 3 rings (SSSR count). The molecule has 2 saturated heterocycles. The minimum Gasteiger partial charge on any atom is -0.341 e. The van der Waals surface area contributed by atoms with Crippen molar-refractivity contribution in [3.05, 3.63) is 18.5 Å². The summed E-state index contributed by atoms with van der Waals surface area (Å²) in [6.07, 6.45) is 5.96. The van der Waals surface area contributed by atoms with Crippen LogP contribution < -0.4 is 4.90 Å². The molecule has 1 aromatic heterocycles. The van der Waals surface area contributed by atoms with Gasteiger partial charge < -0.3 is 4.90 Å². The summed E-state index contributed by atoms with van der Waals surface area (Å²) >= 11 is 0. The van der Waals surface area contributed by atoms with Crippen molar-refractivity contribution in [1.29, 1.82) is 0 Å². The standard InChI is InChI=1S/C16H26N4O2S/c1-13(2)4-11-20-12-14-5-9-19(16-17-7-3-8-18-16)10-6-15(14)23(20,21)22/h3,7-8,13-15H,4-6,9-12H2,1-2H3/t14-,15-/m0/s1. The molecular weight excluding hydrogens is 312 g/mol. The summed E-state index contributed by atoms with van der Waals surface area (Å²) in [5.74, 6) is 1.48. The van der Waals surface area contributed by atoms with E-state index >= 15 is 0 Å². The number of hydrogen-bond donors (Lipinski definition) is 0. The Balaban J connectivity index is 1.69. The van der Waals surface area contributed by atoms with Crippen LogP contribution in [0.2, 0.25) is 0 Å². The van der Waals surface area contributed by atoms with Crippen LogP contribution in [0.5, 0.6) is 0 Å². The van der Waals surface area contributed by atoms with Crippen molar-refractivity contribution in [1.82, 2.24) is 14.3 Å². The molecule has 0 saturated carbocycles. The Kier molecular flexibility index (Phi) is 4.87. The topological polar surface area (TPSA) is 66.4 Å². The van der Waals surface area contributed by atoms with E-state index in [-0.39, 0.29) is 11.2 Å². The van der Waals surface area contributed by atoms with E-state index in [0.717, 1.165) is 19.4 Å². The van der Waals surface area contributed by atoms with Gasteiger partial charge in [-0.25, -0.2) is 22.7 Å². The quantitative estimate of drug-likeness (QED) is 0.837. The van der Waals surface area contributed by atoms with Crippen molar-refractivity contribution in [2.45, 2.75) is 38.4 Å². The zero-order chi connectivity index (χ0) is 16.4. The Hall–Kier alpha value is -1.21. The van der Waals surface area contributed by atoms with E-state index < -0.39 is 10.0 Å². The van der Waals surface area contributed by atoms with Crippen molar-refractivity contribution < 1.29 is 8.42 Å². The van der Waals surface area contributed by atoms with Gasteiger partial charge in [0.1, 0.15) is 0 Å². The van der Waals surface area contributed by atoms with Crippen molar-refractivity contribution in [2.24, 2.45) is 11.8 Å². The molecule has 7 heteroatoms. The summed E-state index contributed by atoms with van der Waals surface area (Å²) in [7, 11) is -3.15. The summed E-state index contributed by atoms with van der Waals surface area (Å²) in [6, 6.07) is 1.80. The normalized spacial score (nSPS) is 27.9. The number of hydrogen-bond acceptors (Lipinski definition) is 5. The van der Waals surface area contributed by atoms with Gasteiger partial charge in [0.15, 0.2) is 0 Å². The largest absolute Gasteiger partial charge is 0.341 e. The third-order valence-corrected chi connectivity index (χ3v) is 7.39. The van der Waals surface area contributed by atoms with Crippen LogP contribution in [0.1, 0.15) is 33.1 Å². The summed E-state index contributed by atoms with van der Waals surface area (Å²) in [5, 5.41) is -0.233. The highest BCUT2D eigenvalue weighted by atomic mass is 32.2. The highest BCUT2D eigenvalue weighted by molar-refractivity contribution is 7.90. The van der Waals surface area contributed by atoms with Crippen molar-refractivity contribution in [3.8, 4) is 0 Å². The van der Waals surface area contributed by atoms with Crippen molar-refractivity contribution in [3.63, 3.8) is 0 Å². The molecule has 2 aliphatic heterocycles. The van der Waals surface area contributed by atoms with Crippen molar-refractivity contribution >= 4 is 16.0 Å². The van der Waals surface area contributed by atoms with Crippen molar-refractivity contribution in [2.75, 3.05) is 31.1 Å². The first-order valence-corrected chi connectivity index (χ1v) is 9.99. The molecule has 0 bridgehead atoms. The van der Waals surface area contributed by atoms with Gasteiger partial charge in [0.25, 0.3) is 0 Å². The molecule has 0 aromatic carbocycles. The number of nitrogens with zero attached hydrogens (tertiary/aromatic N) is 4. The average Bonchev–Trinajstić information content (AvgIpc) is 2.67. The maximum atomic E-state index is 12.8. The fourth-order valence-electron chi connectivity index (χ4n) is 3.57. The van der Waals surface area contributed by atoms with E-state index in [9.17, 15) is 8.42 Å². The maximum Gasteiger partial charge on any atom is 0.225 e. The molecule has 2 fully saturated rings. The molecule has 128 valence electrons. The van der Waals surface area contributed by atoms with Gasteiger partial charge in [-0.2, -0.15) is 0 Å². The molecule has 2 aliphatic rings. The first-order valence-electron chi connectivity index (χ1n) is 8.49. The minimum atomic E-state index is -3.15. The zero-order valence-corrected chi connectivity index (χ0v) is 14.7. The minimum absolute atomic E-state index is 0.233. The van der Waals surface area contributed by atoms with Gasteiger partial charge in [-0.1, -0.05) is 13.8 Å². The number of rotatable bonds is 4. The molecule has 1 aromatic rings.